The summed E-state index contributed by atoms with van der Waals surface area (Å²) in [7, 11) is -0.284. The van der Waals surface area contributed by atoms with Crippen molar-refractivity contribution in [3.05, 3.63) is 28.8 Å². The first-order valence-corrected chi connectivity index (χ1v) is 8.04. The van der Waals surface area contributed by atoms with Crippen LogP contribution in [0.1, 0.15) is 23.1 Å². The quantitative estimate of drug-likeness (QED) is 0.773. The van der Waals surface area contributed by atoms with Crippen LogP contribution in [0.15, 0.2) is 17.0 Å². The SMILES string of the molecule is COCCCN(C)S(=O)(=O)c1cc(CN)c(C)cc1C. The van der Waals surface area contributed by atoms with Gasteiger partial charge in [-0.25, -0.2) is 12.7 Å². The number of ether oxygens (including phenoxy) is 1. The zero-order valence-electron chi connectivity index (χ0n) is 12.6. The van der Waals surface area contributed by atoms with Gasteiger partial charge < -0.3 is 10.5 Å². The molecule has 0 aliphatic carbocycles. The fourth-order valence-corrected chi connectivity index (χ4v) is 3.55. The van der Waals surface area contributed by atoms with E-state index in [0.717, 1.165) is 16.7 Å². The standard InChI is InChI=1S/C14H24N2O3S/c1-11-8-12(2)14(9-13(11)10-15)20(17,18)16(3)6-5-7-19-4/h8-9H,5-7,10,15H2,1-4H3. The van der Waals surface area contributed by atoms with Crippen LogP contribution < -0.4 is 5.73 Å². The van der Waals surface area contributed by atoms with Gasteiger partial charge >= 0.3 is 0 Å². The summed E-state index contributed by atoms with van der Waals surface area (Å²) >= 11 is 0. The highest BCUT2D eigenvalue weighted by Gasteiger charge is 2.23. The van der Waals surface area contributed by atoms with Gasteiger partial charge in [0.1, 0.15) is 0 Å². The molecule has 0 saturated carbocycles. The summed E-state index contributed by atoms with van der Waals surface area (Å²) < 4.78 is 31.5. The number of aryl methyl sites for hydroxylation is 2. The number of nitrogens with two attached hydrogens (primary N) is 1. The highest BCUT2D eigenvalue weighted by Crippen LogP contribution is 2.23. The van der Waals surface area contributed by atoms with Crippen molar-refractivity contribution in [1.82, 2.24) is 4.31 Å². The predicted molar refractivity (Wildman–Crippen MR) is 80.1 cm³/mol. The Kier molecular flexibility index (Phi) is 6.13. The third-order valence-electron chi connectivity index (χ3n) is 3.36. The molecule has 0 atom stereocenters. The van der Waals surface area contributed by atoms with Crippen molar-refractivity contribution < 1.29 is 13.2 Å². The van der Waals surface area contributed by atoms with Crippen LogP contribution in [0.4, 0.5) is 0 Å². The molecule has 114 valence electrons. The van der Waals surface area contributed by atoms with Crippen molar-refractivity contribution in [2.75, 3.05) is 27.3 Å². The maximum absolute atomic E-state index is 12.6. The fraction of sp³-hybridized carbons (Fsp3) is 0.571. The van der Waals surface area contributed by atoms with Gasteiger partial charge in [-0.1, -0.05) is 6.07 Å². The second kappa shape index (κ2) is 7.17. The maximum atomic E-state index is 12.6. The molecule has 5 nitrogen and oxygen atoms in total. The van der Waals surface area contributed by atoms with Crippen LogP contribution in [0.2, 0.25) is 0 Å². The molecule has 1 aromatic rings. The first-order valence-electron chi connectivity index (χ1n) is 6.60. The van der Waals surface area contributed by atoms with E-state index in [-0.39, 0.29) is 0 Å². The van der Waals surface area contributed by atoms with Crippen molar-refractivity contribution >= 4 is 10.0 Å². The molecule has 0 aliphatic rings. The Balaban J connectivity index is 3.08. The Morgan fingerprint density at radius 2 is 1.90 bits per heavy atom. The van der Waals surface area contributed by atoms with E-state index in [9.17, 15) is 8.42 Å². The lowest BCUT2D eigenvalue weighted by Crippen LogP contribution is -2.29. The van der Waals surface area contributed by atoms with Gasteiger partial charge in [0.2, 0.25) is 10.0 Å². The van der Waals surface area contributed by atoms with Crippen LogP contribution in [-0.4, -0.2) is 40.0 Å². The maximum Gasteiger partial charge on any atom is 0.243 e. The molecular formula is C14H24N2O3S. The van der Waals surface area contributed by atoms with Gasteiger partial charge in [0.05, 0.1) is 4.90 Å². The molecule has 0 aromatic heterocycles. The second-order valence-corrected chi connectivity index (χ2v) is 6.93. The Bertz CT molecular complexity index is 556. The number of methoxy groups -OCH3 is 1. The molecule has 20 heavy (non-hydrogen) atoms. The predicted octanol–water partition coefficient (Wildman–Crippen LogP) is 1.42. The van der Waals surface area contributed by atoms with E-state index in [0.29, 0.717) is 31.0 Å². The zero-order chi connectivity index (χ0) is 15.3. The first-order chi connectivity index (χ1) is 9.34. The van der Waals surface area contributed by atoms with Crippen molar-refractivity contribution in [3.8, 4) is 0 Å². The third kappa shape index (κ3) is 3.79. The molecule has 0 bridgehead atoms. The van der Waals surface area contributed by atoms with Gasteiger partial charge in [-0.3, -0.25) is 0 Å². The van der Waals surface area contributed by atoms with Gasteiger partial charge in [-0.05, 0) is 43.0 Å². The topological polar surface area (TPSA) is 72.6 Å². The van der Waals surface area contributed by atoms with Gasteiger partial charge in [-0.2, -0.15) is 0 Å². The summed E-state index contributed by atoms with van der Waals surface area (Å²) in [6.07, 6.45) is 0.668. The molecule has 0 amide bonds. The molecule has 2 N–H and O–H groups in total. The molecule has 1 rings (SSSR count). The minimum Gasteiger partial charge on any atom is -0.385 e. The number of benzene rings is 1. The number of hydrogen-bond donors (Lipinski definition) is 1. The number of sulfonamides is 1. The smallest absolute Gasteiger partial charge is 0.243 e. The Morgan fingerprint density at radius 3 is 2.45 bits per heavy atom. The molecule has 0 spiro atoms. The number of rotatable bonds is 7. The lowest BCUT2D eigenvalue weighted by molar-refractivity contribution is 0.189. The van der Waals surface area contributed by atoms with Crippen LogP contribution in [0.5, 0.6) is 0 Å². The monoisotopic (exact) mass is 300 g/mol. The zero-order valence-corrected chi connectivity index (χ0v) is 13.5. The Morgan fingerprint density at radius 1 is 1.25 bits per heavy atom. The van der Waals surface area contributed by atoms with E-state index in [1.54, 1.807) is 20.2 Å². The van der Waals surface area contributed by atoms with Gasteiger partial charge in [-0.15, -0.1) is 0 Å². The molecule has 0 heterocycles. The first kappa shape index (κ1) is 17.1. The molecule has 0 unspecified atom stereocenters. The summed E-state index contributed by atoms with van der Waals surface area (Å²) in [5.41, 5.74) is 8.29. The lowest BCUT2D eigenvalue weighted by atomic mass is 10.1. The van der Waals surface area contributed by atoms with Gasteiger partial charge in [0, 0.05) is 33.9 Å². The van der Waals surface area contributed by atoms with Gasteiger partial charge in [0.15, 0.2) is 0 Å². The minimum absolute atomic E-state index is 0.335. The van der Waals surface area contributed by atoms with E-state index in [1.807, 2.05) is 19.9 Å². The van der Waals surface area contributed by atoms with Crippen LogP contribution in [0, 0.1) is 13.8 Å². The van der Waals surface area contributed by atoms with E-state index < -0.39 is 10.0 Å². The largest absolute Gasteiger partial charge is 0.385 e. The van der Waals surface area contributed by atoms with Crippen LogP contribution in [0.25, 0.3) is 0 Å². The number of nitrogens with zero attached hydrogens (tertiary/aromatic N) is 1. The van der Waals surface area contributed by atoms with Crippen LogP contribution in [0.3, 0.4) is 0 Å². The highest BCUT2D eigenvalue weighted by atomic mass is 32.2. The summed E-state index contributed by atoms with van der Waals surface area (Å²) in [5.74, 6) is 0. The van der Waals surface area contributed by atoms with E-state index >= 15 is 0 Å². The normalized spacial score (nSPS) is 12.1. The molecule has 0 fully saturated rings. The minimum atomic E-state index is -3.48. The molecular weight excluding hydrogens is 276 g/mol. The molecule has 0 aliphatic heterocycles. The Labute approximate surface area is 121 Å². The second-order valence-electron chi connectivity index (χ2n) is 4.92. The van der Waals surface area contributed by atoms with E-state index in [4.69, 9.17) is 10.5 Å². The lowest BCUT2D eigenvalue weighted by Gasteiger charge is -2.19. The average molecular weight is 300 g/mol. The summed E-state index contributed by atoms with van der Waals surface area (Å²) in [6, 6.07) is 3.56. The van der Waals surface area contributed by atoms with Crippen LogP contribution >= 0.6 is 0 Å². The van der Waals surface area contributed by atoms with Crippen molar-refractivity contribution in [1.29, 1.82) is 0 Å². The third-order valence-corrected chi connectivity index (χ3v) is 5.36. The Hall–Kier alpha value is -0.950. The highest BCUT2D eigenvalue weighted by molar-refractivity contribution is 7.89. The van der Waals surface area contributed by atoms with Gasteiger partial charge in [0.25, 0.3) is 0 Å². The molecule has 0 saturated heterocycles. The average Bonchev–Trinajstić information content (AvgIpc) is 2.38. The molecule has 1 aromatic carbocycles. The fourth-order valence-electron chi connectivity index (χ4n) is 2.09. The summed E-state index contributed by atoms with van der Waals surface area (Å²) in [4.78, 5) is 0.337. The van der Waals surface area contributed by atoms with E-state index in [1.165, 1.54) is 4.31 Å². The van der Waals surface area contributed by atoms with Crippen LogP contribution in [-0.2, 0) is 21.3 Å². The van der Waals surface area contributed by atoms with Crippen molar-refractivity contribution in [2.45, 2.75) is 31.7 Å². The van der Waals surface area contributed by atoms with Crippen molar-refractivity contribution in [2.24, 2.45) is 5.73 Å². The summed E-state index contributed by atoms with van der Waals surface area (Å²) in [6.45, 7) is 5.06. The number of hydrogen-bond acceptors (Lipinski definition) is 4. The molecule has 6 heteroatoms. The van der Waals surface area contributed by atoms with Crippen molar-refractivity contribution in [3.63, 3.8) is 0 Å². The van der Waals surface area contributed by atoms with E-state index in [2.05, 4.69) is 0 Å². The molecule has 0 radical (unpaired) electrons. The summed E-state index contributed by atoms with van der Waals surface area (Å²) in [5, 5.41) is 0.